The zero-order valence-corrected chi connectivity index (χ0v) is 15.2. The summed E-state index contributed by atoms with van der Waals surface area (Å²) in [6, 6.07) is 12.0. The number of carbonyl (C=O) groups is 2. The number of hydrogen-bond acceptors (Lipinski definition) is 4. The Morgan fingerprint density at radius 3 is 2.36 bits per heavy atom. The molecule has 0 aliphatic carbocycles. The predicted octanol–water partition coefficient (Wildman–Crippen LogP) is 2.65. The molecule has 0 atom stereocenters. The lowest BCUT2D eigenvalue weighted by Gasteiger charge is -2.22. The van der Waals surface area contributed by atoms with Gasteiger partial charge in [-0.25, -0.2) is 4.39 Å². The zero-order valence-electron chi connectivity index (χ0n) is 15.2. The van der Waals surface area contributed by atoms with Crippen molar-refractivity contribution < 1.29 is 18.9 Å². The largest absolute Gasteiger partial charge is 0.341 e. The van der Waals surface area contributed by atoms with Gasteiger partial charge in [0.05, 0.1) is 16.9 Å². The number of nitro groups is 1. The molecule has 0 spiro atoms. The molecule has 3 rings (SSSR count). The first kappa shape index (κ1) is 19.5. The fourth-order valence-electron chi connectivity index (χ4n) is 3.29. The fraction of sp³-hybridized carbons (Fsp3) is 0.300. The molecule has 2 aromatic carbocycles. The van der Waals surface area contributed by atoms with Gasteiger partial charge in [0.25, 0.3) is 11.6 Å². The van der Waals surface area contributed by atoms with Crippen LogP contribution in [0.2, 0.25) is 0 Å². The van der Waals surface area contributed by atoms with E-state index in [4.69, 9.17) is 0 Å². The van der Waals surface area contributed by atoms with Crippen molar-refractivity contribution in [3.63, 3.8) is 0 Å². The number of carbonyl (C=O) groups excluding carboxylic acids is 2. The summed E-state index contributed by atoms with van der Waals surface area (Å²) in [5.41, 5.74) is 0.297. The van der Waals surface area contributed by atoms with Gasteiger partial charge in [-0.2, -0.15) is 0 Å². The quantitative estimate of drug-likeness (QED) is 0.598. The van der Waals surface area contributed by atoms with Gasteiger partial charge in [-0.1, -0.05) is 30.3 Å². The topological polar surface area (TPSA) is 83.8 Å². The van der Waals surface area contributed by atoms with Gasteiger partial charge in [0, 0.05) is 37.8 Å². The Labute approximate surface area is 161 Å². The molecule has 28 heavy (non-hydrogen) atoms. The molecule has 2 aromatic rings. The van der Waals surface area contributed by atoms with E-state index in [0.717, 1.165) is 0 Å². The van der Waals surface area contributed by atoms with Crippen molar-refractivity contribution in [2.45, 2.75) is 12.8 Å². The second-order valence-electron chi connectivity index (χ2n) is 6.57. The number of hydrogen-bond donors (Lipinski definition) is 0. The maximum Gasteiger partial charge on any atom is 0.273 e. The Morgan fingerprint density at radius 1 is 0.964 bits per heavy atom. The van der Waals surface area contributed by atoms with Crippen LogP contribution in [0.1, 0.15) is 22.3 Å². The molecule has 1 aliphatic heterocycles. The molecule has 7 nitrogen and oxygen atoms in total. The minimum absolute atomic E-state index is 0.0159. The summed E-state index contributed by atoms with van der Waals surface area (Å²) in [7, 11) is 0. The summed E-state index contributed by atoms with van der Waals surface area (Å²) in [6.07, 6.45) is 0.487. The molecule has 1 aliphatic rings. The van der Waals surface area contributed by atoms with E-state index in [0.29, 0.717) is 31.6 Å². The SMILES string of the molecule is O=C(Cc1ccccc1[N+](=O)[O-])N1CCCN(C(=O)c2ccccc2F)CC1. The molecule has 0 aromatic heterocycles. The Balaban J connectivity index is 1.65. The monoisotopic (exact) mass is 385 g/mol. The minimum Gasteiger partial charge on any atom is -0.341 e. The number of nitrogens with zero attached hydrogens (tertiary/aromatic N) is 3. The van der Waals surface area contributed by atoms with Crippen molar-refractivity contribution in [1.29, 1.82) is 0 Å². The predicted molar refractivity (Wildman–Crippen MR) is 100 cm³/mol. The van der Waals surface area contributed by atoms with E-state index in [1.807, 2.05) is 0 Å². The van der Waals surface area contributed by atoms with E-state index >= 15 is 0 Å². The molecule has 1 saturated heterocycles. The van der Waals surface area contributed by atoms with Crippen LogP contribution in [-0.2, 0) is 11.2 Å². The smallest absolute Gasteiger partial charge is 0.273 e. The van der Waals surface area contributed by atoms with E-state index in [1.165, 1.54) is 29.2 Å². The summed E-state index contributed by atoms with van der Waals surface area (Å²) in [4.78, 5) is 39.0. The van der Waals surface area contributed by atoms with Crippen LogP contribution in [0.5, 0.6) is 0 Å². The highest BCUT2D eigenvalue weighted by Crippen LogP contribution is 2.19. The first-order chi connectivity index (χ1) is 13.5. The molecule has 0 unspecified atom stereocenters. The minimum atomic E-state index is -0.568. The summed E-state index contributed by atoms with van der Waals surface area (Å²) in [5, 5.41) is 11.1. The van der Waals surface area contributed by atoms with Crippen molar-refractivity contribution in [3.8, 4) is 0 Å². The summed E-state index contributed by atoms with van der Waals surface area (Å²) >= 11 is 0. The Bertz CT molecular complexity index is 903. The van der Waals surface area contributed by atoms with Crippen LogP contribution in [0.3, 0.4) is 0 Å². The first-order valence-corrected chi connectivity index (χ1v) is 9.01. The van der Waals surface area contributed by atoms with Crippen molar-refractivity contribution in [3.05, 3.63) is 75.6 Å². The maximum absolute atomic E-state index is 13.9. The Morgan fingerprint density at radius 2 is 1.61 bits per heavy atom. The van der Waals surface area contributed by atoms with Gasteiger partial charge >= 0.3 is 0 Å². The molecule has 0 N–H and O–H groups in total. The standard InChI is InChI=1S/C20H20FN3O4/c21-17-8-3-2-7-16(17)20(26)23-11-5-10-22(12-13-23)19(25)14-15-6-1-4-9-18(15)24(27)28/h1-4,6-9H,5,10-14H2. The normalized spacial score (nSPS) is 14.5. The second-order valence-corrected chi connectivity index (χ2v) is 6.57. The number of amides is 2. The highest BCUT2D eigenvalue weighted by molar-refractivity contribution is 5.94. The third-order valence-corrected chi connectivity index (χ3v) is 4.77. The van der Waals surface area contributed by atoms with E-state index in [2.05, 4.69) is 0 Å². The molecule has 0 radical (unpaired) electrons. The molecule has 146 valence electrons. The first-order valence-electron chi connectivity index (χ1n) is 9.01. The van der Waals surface area contributed by atoms with Crippen LogP contribution in [0.15, 0.2) is 48.5 Å². The lowest BCUT2D eigenvalue weighted by Crippen LogP contribution is -2.38. The van der Waals surface area contributed by atoms with Gasteiger partial charge < -0.3 is 9.80 Å². The molecule has 8 heteroatoms. The summed E-state index contributed by atoms with van der Waals surface area (Å²) in [5.74, 6) is -1.19. The van der Waals surface area contributed by atoms with Gasteiger partial charge in [-0.15, -0.1) is 0 Å². The zero-order chi connectivity index (χ0) is 20.1. The van der Waals surface area contributed by atoms with Gasteiger partial charge in [0.1, 0.15) is 5.82 Å². The van der Waals surface area contributed by atoms with Crippen molar-refractivity contribution >= 4 is 17.5 Å². The molecule has 0 bridgehead atoms. The number of halogens is 1. The second kappa shape index (κ2) is 8.60. The van der Waals surface area contributed by atoms with Crippen LogP contribution in [0, 0.1) is 15.9 Å². The van der Waals surface area contributed by atoms with Crippen LogP contribution < -0.4 is 0 Å². The highest BCUT2D eigenvalue weighted by atomic mass is 19.1. The molecule has 0 saturated carbocycles. The van der Waals surface area contributed by atoms with Gasteiger partial charge in [-0.05, 0) is 18.6 Å². The van der Waals surface area contributed by atoms with Crippen molar-refractivity contribution in [1.82, 2.24) is 9.80 Å². The molecular formula is C20H20FN3O4. The number of nitro benzene ring substituents is 1. The van der Waals surface area contributed by atoms with Crippen LogP contribution in [0.25, 0.3) is 0 Å². The Hall–Kier alpha value is -3.29. The van der Waals surface area contributed by atoms with Crippen molar-refractivity contribution in [2.75, 3.05) is 26.2 Å². The van der Waals surface area contributed by atoms with E-state index in [9.17, 15) is 24.1 Å². The fourth-order valence-corrected chi connectivity index (χ4v) is 3.29. The molecule has 1 fully saturated rings. The lowest BCUT2D eigenvalue weighted by atomic mass is 10.1. The Kier molecular flexibility index (Phi) is 5.98. The average molecular weight is 385 g/mol. The summed E-state index contributed by atoms with van der Waals surface area (Å²) < 4.78 is 13.9. The van der Waals surface area contributed by atoms with Gasteiger partial charge in [0.15, 0.2) is 0 Å². The number of benzene rings is 2. The summed E-state index contributed by atoms with van der Waals surface area (Å²) in [6.45, 7) is 1.46. The van der Waals surface area contributed by atoms with Crippen LogP contribution in [-0.4, -0.2) is 52.7 Å². The molecule has 2 amide bonds. The van der Waals surface area contributed by atoms with Gasteiger partial charge in [-0.3, -0.25) is 19.7 Å². The van der Waals surface area contributed by atoms with E-state index in [1.54, 1.807) is 29.2 Å². The number of rotatable bonds is 4. The van der Waals surface area contributed by atoms with Crippen molar-refractivity contribution in [2.24, 2.45) is 0 Å². The number of para-hydroxylation sites is 1. The van der Waals surface area contributed by atoms with E-state index in [-0.39, 0.29) is 30.1 Å². The van der Waals surface area contributed by atoms with Gasteiger partial charge in [0.2, 0.25) is 5.91 Å². The third kappa shape index (κ3) is 4.33. The van der Waals surface area contributed by atoms with Crippen LogP contribution >= 0.6 is 0 Å². The highest BCUT2D eigenvalue weighted by Gasteiger charge is 2.25. The molecular weight excluding hydrogens is 365 g/mol. The maximum atomic E-state index is 13.9. The average Bonchev–Trinajstić information content (AvgIpc) is 2.94. The van der Waals surface area contributed by atoms with E-state index < -0.39 is 16.6 Å². The third-order valence-electron chi connectivity index (χ3n) is 4.77. The lowest BCUT2D eigenvalue weighted by molar-refractivity contribution is -0.385. The molecule has 1 heterocycles. The van der Waals surface area contributed by atoms with Crippen LogP contribution in [0.4, 0.5) is 10.1 Å².